The van der Waals surface area contributed by atoms with Gasteiger partial charge in [0.1, 0.15) is 11.4 Å². The molecule has 0 aliphatic heterocycles. The van der Waals surface area contributed by atoms with Gasteiger partial charge in [-0.25, -0.2) is 23.8 Å². The maximum absolute atomic E-state index is 13.6. The van der Waals surface area contributed by atoms with Gasteiger partial charge in [-0.1, -0.05) is 0 Å². The highest BCUT2D eigenvalue weighted by Gasteiger charge is 2.30. The molecule has 0 atom stereocenters. The van der Waals surface area contributed by atoms with Crippen LogP contribution in [0, 0.1) is 5.82 Å². The second-order valence-corrected chi connectivity index (χ2v) is 4.58. The molecule has 0 N–H and O–H groups in total. The molecule has 1 heterocycles. The fourth-order valence-electron chi connectivity index (χ4n) is 2.20. The summed E-state index contributed by atoms with van der Waals surface area (Å²) in [6.07, 6.45) is 0. The lowest BCUT2D eigenvalue weighted by molar-refractivity contribution is 0.0493. The third kappa shape index (κ3) is 3.03. The van der Waals surface area contributed by atoms with Crippen LogP contribution in [0.4, 0.5) is 4.39 Å². The van der Waals surface area contributed by atoms with Crippen LogP contribution in [0.1, 0.15) is 38.1 Å². The molecule has 2 rings (SSSR count). The molecular formula is C16H14FNO6. The Morgan fingerprint density at radius 3 is 2.25 bits per heavy atom. The summed E-state index contributed by atoms with van der Waals surface area (Å²) in [7, 11) is 2.17. The highest BCUT2D eigenvalue weighted by molar-refractivity contribution is 6.16. The monoisotopic (exact) mass is 335 g/mol. The van der Waals surface area contributed by atoms with Crippen LogP contribution in [0.25, 0.3) is 10.9 Å². The second-order valence-electron chi connectivity index (χ2n) is 4.58. The first-order valence-corrected chi connectivity index (χ1v) is 6.91. The molecule has 0 bridgehead atoms. The fourth-order valence-corrected chi connectivity index (χ4v) is 2.20. The lowest BCUT2D eigenvalue weighted by Gasteiger charge is -2.13. The summed E-state index contributed by atoms with van der Waals surface area (Å²) in [5.74, 6) is -3.47. The number of methoxy groups -OCH3 is 2. The van der Waals surface area contributed by atoms with Gasteiger partial charge in [-0.15, -0.1) is 0 Å². The molecule has 0 saturated heterocycles. The van der Waals surface area contributed by atoms with Crippen LogP contribution in [0.5, 0.6) is 0 Å². The van der Waals surface area contributed by atoms with Gasteiger partial charge in [0.25, 0.3) is 0 Å². The normalized spacial score (nSPS) is 10.3. The number of halogens is 1. The van der Waals surface area contributed by atoms with E-state index in [4.69, 9.17) is 4.74 Å². The molecule has 0 fully saturated rings. The van der Waals surface area contributed by atoms with Crippen LogP contribution in [-0.4, -0.2) is 43.7 Å². The van der Waals surface area contributed by atoms with Crippen molar-refractivity contribution in [2.45, 2.75) is 6.92 Å². The number of aromatic nitrogens is 1. The zero-order valence-electron chi connectivity index (χ0n) is 13.2. The van der Waals surface area contributed by atoms with Crippen molar-refractivity contribution in [3.05, 3.63) is 40.8 Å². The Bertz CT molecular complexity index is 833. The molecule has 0 spiro atoms. The van der Waals surface area contributed by atoms with E-state index in [-0.39, 0.29) is 23.1 Å². The van der Waals surface area contributed by atoms with Crippen molar-refractivity contribution in [2.24, 2.45) is 0 Å². The Balaban J connectivity index is 2.95. The quantitative estimate of drug-likeness (QED) is 0.624. The van der Waals surface area contributed by atoms with Crippen molar-refractivity contribution >= 4 is 28.8 Å². The topological polar surface area (TPSA) is 91.8 Å². The minimum atomic E-state index is -0.989. The van der Waals surface area contributed by atoms with E-state index in [1.165, 1.54) is 6.07 Å². The minimum absolute atomic E-state index is 0.0234. The fraction of sp³-hybridized carbons (Fsp3) is 0.250. The van der Waals surface area contributed by atoms with E-state index < -0.39 is 35.0 Å². The van der Waals surface area contributed by atoms with Gasteiger partial charge in [0.2, 0.25) is 0 Å². The predicted octanol–water partition coefficient (Wildman–Crippen LogP) is 2.12. The minimum Gasteiger partial charge on any atom is -0.465 e. The number of carbonyl (C=O) groups is 3. The number of carbonyl (C=O) groups excluding carboxylic acids is 3. The van der Waals surface area contributed by atoms with Gasteiger partial charge in [0, 0.05) is 5.39 Å². The van der Waals surface area contributed by atoms with E-state index in [1.807, 2.05) is 0 Å². The lowest BCUT2D eigenvalue weighted by Crippen LogP contribution is -2.21. The Kier molecular flexibility index (Phi) is 5.08. The van der Waals surface area contributed by atoms with Gasteiger partial charge in [0.05, 0.1) is 31.9 Å². The summed E-state index contributed by atoms with van der Waals surface area (Å²) in [5, 5.41) is 0.0234. The average molecular weight is 335 g/mol. The number of fused-ring (bicyclic) bond motifs is 1. The average Bonchev–Trinajstić information content (AvgIpc) is 2.58. The van der Waals surface area contributed by atoms with Crippen molar-refractivity contribution in [1.29, 1.82) is 0 Å². The Hall–Kier alpha value is -3.03. The van der Waals surface area contributed by atoms with Crippen LogP contribution < -0.4 is 0 Å². The molecule has 0 aliphatic rings. The molecule has 0 aliphatic carbocycles. The molecule has 24 heavy (non-hydrogen) atoms. The maximum atomic E-state index is 13.6. The third-order valence-electron chi connectivity index (χ3n) is 3.19. The van der Waals surface area contributed by atoms with E-state index in [1.54, 1.807) is 6.92 Å². The summed E-state index contributed by atoms with van der Waals surface area (Å²) in [4.78, 5) is 40.5. The molecule has 126 valence electrons. The summed E-state index contributed by atoms with van der Waals surface area (Å²) >= 11 is 0. The number of nitrogens with zero attached hydrogens (tertiary/aromatic N) is 1. The van der Waals surface area contributed by atoms with Crippen LogP contribution in [0.15, 0.2) is 18.2 Å². The van der Waals surface area contributed by atoms with Crippen molar-refractivity contribution in [3.63, 3.8) is 0 Å². The highest BCUT2D eigenvalue weighted by Crippen LogP contribution is 2.26. The highest BCUT2D eigenvalue weighted by atomic mass is 19.1. The van der Waals surface area contributed by atoms with Gasteiger partial charge >= 0.3 is 17.9 Å². The van der Waals surface area contributed by atoms with Gasteiger partial charge in [-0.2, -0.15) is 0 Å². The first-order chi connectivity index (χ1) is 11.4. The number of hydrogen-bond acceptors (Lipinski definition) is 7. The van der Waals surface area contributed by atoms with Crippen molar-refractivity contribution < 1.29 is 33.0 Å². The lowest BCUT2D eigenvalue weighted by atomic mass is 10.00. The van der Waals surface area contributed by atoms with Gasteiger partial charge in [-0.05, 0) is 25.1 Å². The third-order valence-corrected chi connectivity index (χ3v) is 3.19. The van der Waals surface area contributed by atoms with E-state index in [9.17, 15) is 18.8 Å². The van der Waals surface area contributed by atoms with E-state index >= 15 is 0 Å². The maximum Gasteiger partial charge on any atom is 0.357 e. The van der Waals surface area contributed by atoms with Crippen molar-refractivity contribution in [1.82, 2.24) is 4.98 Å². The standard InChI is InChI=1S/C16H14FNO6/c1-4-24-16(21)13-12(15(20)23-3)11(14(19)22-2)9-7-8(17)5-6-10(9)18-13/h5-7H,4H2,1-3H3. The number of hydrogen-bond donors (Lipinski definition) is 0. The smallest absolute Gasteiger partial charge is 0.357 e. The first-order valence-electron chi connectivity index (χ1n) is 6.91. The van der Waals surface area contributed by atoms with Crippen molar-refractivity contribution in [2.75, 3.05) is 20.8 Å². The molecule has 1 aromatic carbocycles. The first kappa shape index (κ1) is 17.3. The molecule has 2 aromatic rings. The van der Waals surface area contributed by atoms with Crippen LogP contribution in [0.2, 0.25) is 0 Å². The largest absolute Gasteiger partial charge is 0.465 e. The van der Waals surface area contributed by atoms with Gasteiger partial charge < -0.3 is 14.2 Å². The summed E-state index contributed by atoms with van der Waals surface area (Å²) in [6, 6.07) is 3.42. The molecule has 8 heteroatoms. The zero-order valence-corrected chi connectivity index (χ0v) is 13.2. The number of rotatable bonds is 4. The summed E-state index contributed by atoms with van der Waals surface area (Å²) < 4.78 is 27.8. The molecule has 1 aromatic heterocycles. The Morgan fingerprint density at radius 2 is 1.67 bits per heavy atom. The number of pyridine rings is 1. The Morgan fingerprint density at radius 1 is 1.04 bits per heavy atom. The summed E-state index contributed by atoms with van der Waals surface area (Å²) in [5.41, 5.74) is -1.01. The van der Waals surface area contributed by atoms with Crippen LogP contribution in [-0.2, 0) is 14.2 Å². The van der Waals surface area contributed by atoms with Crippen molar-refractivity contribution in [3.8, 4) is 0 Å². The molecule has 7 nitrogen and oxygen atoms in total. The SMILES string of the molecule is CCOC(=O)c1nc2ccc(F)cc2c(C(=O)OC)c1C(=O)OC. The second kappa shape index (κ2) is 7.03. The predicted molar refractivity (Wildman–Crippen MR) is 80.3 cm³/mol. The van der Waals surface area contributed by atoms with Gasteiger partial charge in [-0.3, -0.25) is 0 Å². The molecular weight excluding hydrogens is 321 g/mol. The molecule has 0 unspecified atom stereocenters. The van der Waals surface area contributed by atoms with Crippen LogP contribution >= 0.6 is 0 Å². The summed E-state index contributed by atoms with van der Waals surface area (Å²) in [6.45, 7) is 1.61. The Labute approximate surface area is 136 Å². The van der Waals surface area contributed by atoms with Crippen LogP contribution in [0.3, 0.4) is 0 Å². The van der Waals surface area contributed by atoms with E-state index in [0.29, 0.717) is 0 Å². The molecule has 0 amide bonds. The van der Waals surface area contributed by atoms with Gasteiger partial charge in [0.15, 0.2) is 5.69 Å². The van der Waals surface area contributed by atoms with E-state index in [0.717, 1.165) is 26.4 Å². The van der Waals surface area contributed by atoms with E-state index in [2.05, 4.69) is 14.5 Å². The molecule has 0 radical (unpaired) electrons. The zero-order chi connectivity index (χ0) is 17.9. The number of esters is 3. The number of benzene rings is 1. The molecule has 0 saturated carbocycles. The number of ether oxygens (including phenoxy) is 3.